The van der Waals surface area contributed by atoms with Crippen LogP contribution in [0.25, 0.3) is 0 Å². The molecule has 1 aliphatic carbocycles. The quantitative estimate of drug-likeness (QED) is 0.823. The van der Waals surface area contributed by atoms with Crippen LogP contribution in [0.2, 0.25) is 0 Å². The van der Waals surface area contributed by atoms with E-state index in [0.717, 1.165) is 31.9 Å². The summed E-state index contributed by atoms with van der Waals surface area (Å²) < 4.78 is 30.0. The second-order valence-corrected chi connectivity index (χ2v) is 7.86. The van der Waals surface area contributed by atoms with E-state index in [1.165, 1.54) is 0 Å². The van der Waals surface area contributed by atoms with Crippen molar-refractivity contribution in [1.29, 1.82) is 0 Å². The van der Waals surface area contributed by atoms with Gasteiger partial charge in [0.2, 0.25) is 10.0 Å². The first-order valence-electron chi connectivity index (χ1n) is 6.52. The predicted molar refractivity (Wildman–Crippen MR) is 73.4 cm³/mol. The van der Waals surface area contributed by atoms with E-state index in [1.54, 1.807) is 0 Å². The van der Waals surface area contributed by atoms with E-state index in [1.807, 2.05) is 20.8 Å². The van der Waals surface area contributed by atoms with E-state index in [0.29, 0.717) is 0 Å². The first-order chi connectivity index (χ1) is 8.55. The highest BCUT2D eigenvalue weighted by molar-refractivity contribution is 7.88. The highest BCUT2D eigenvalue weighted by atomic mass is 32.2. The van der Waals surface area contributed by atoms with Gasteiger partial charge in [-0.05, 0) is 46.5 Å². The number of carbonyl (C=O) groups is 1. The van der Waals surface area contributed by atoms with E-state index in [4.69, 9.17) is 4.74 Å². The molecule has 0 atom stereocenters. The number of rotatable bonds is 3. The SMILES string of the molecule is CC(C)(C)OC(=O)N[C@H]1CC[C@H](NS(C)(=O)=O)CC1. The summed E-state index contributed by atoms with van der Waals surface area (Å²) in [6, 6.07) is 0.0409. The fraction of sp³-hybridized carbons (Fsp3) is 0.917. The van der Waals surface area contributed by atoms with Gasteiger partial charge in [0.25, 0.3) is 0 Å². The lowest BCUT2D eigenvalue weighted by Gasteiger charge is -2.30. The number of carbonyl (C=O) groups excluding carboxylic acids is 1. The first-order valence-corrected chi connectivity index (χ1v) is 8.41. The Morgan fingerprint density at radius 3 is 2.00 bits per heavy atom. The Kier molecular flexibility index (Phi) is 5.20. The van der Waals surface area contributed by atoms with E-state index in [2.05, 4.69) is 10.0 Å². The van der Waals surface area contributed by atoms with Gasteiger partial charge < -0.3 is 10.1 Å². The van der Waals surface area contributed by atoms with Gasteiger partial charge in [-0.2, -0.15) is 0 Å². The molecule has 0 saturated heterocycles. The third-order valence-corrected chi connectivity index (χ3v) is 3.59. The van der Waals surface area contributed by atoms with Crippen molar-refractivity contribution in [2.75, 3.05) is 6.26 Å². The van der Waals surface area contributed by atoms with Crippen LogP contribution in [-0.2, 0) is 14.8 Å². The molecule has 1 fully saturated rings. The lowest BCUT2D eigenvalue weighted by Crippen LogP contribution is -2.44. The number of alkyl carbamates (subject to hydrolysis) is 1. The molecule has 2 N–H and O–H groups in total. The minimum Gasteiger partial charge on any atom is -0.444 e. The van der Waals surface area contributed by atoms with Gasteiger partial charge in [0.15, 0.2) is 0 Å². The van der Waals surface area contributed by atoms with Gasteiger partial charge in [-0.25, -0.2) is 17.9 Å². The summed E-state index contributed by atoms with van der Waals surface area (Å²) in [4.78, 5) is 11.6. The van der Waals surface area contributed by atoms with Crippen LogP contribution < -0.4 is 10.0 Å². The Morgan fingerprint density at radius 1 is 1.11 bits per heavy atom. The van der Waals surface area contributed by atoms with Crippen LogP contribution in [0.15, 0.2) is 0 Å². The summed E-state index contributed by atoms with van der Waals surface area (Å²) in [5.41, 5.74) is -0.501. The molecule has 19 heavy (non-hydrogen) atoms. The summed E-state index contributed by atoms with van der Waals surface area (Å²) in [6.07, 6.45) is 3.73. The van der Waals surface area contributed by atoms with Crippen LogP contribution in [0.1, 0.15) is 46.5 Å². The van der Waals surface area contributed by atoms with Gasteiger partial charge in [-0.1, -0.05) is 0 Å². The maximum absolute atomic E-state index is 11.6. The molecule has 0 heterocycles. The molecule has 0 unspecified atom stereocenters. The average Bonchev–Trinajstić information content (AvgIpc) is 2.15. The maximum Gasteiger partial charge on any atom is 0.407 e. The van der Waals surface area contributed by atoms with Crippen molar-refractivity contribution in [3.63, 3.8) is 0 Å². The molecule has 0 aliphatic heterocycles. The zero-order valence-electron chi connectivity index (χ0n) is 12.0. The molecule has 0 aromatic rings. The Hall–Kier alpha value is -0.820. The Bertz CT molecular complexity index is 406. The minimum atomic E-state index is -3.15. The maximum atomic E-state index is 11.6. The van der Waals surface area contributed by atoms with Gasteiger partial charge in [0, 0.05) is 12.1 Å². The molecule has 0 spiro atoms. The molecule has 0 aromatic carbocycles. The standard InChI is InChI=1S/C12H24N2O4S/c1-12(2,3)18-11(15)13-9-5-7-10(8-6-9)14-19(4,16)17/h9-10,14H,5-8H2,1-4H3,(H,13,15)/t9-,10-. The van der Waals surface area contributed by atoms with Crippen molar-refractivity contribution >= 4 is 16.1 Å². The third kappa shape index (κ3) is 7.37. The van der Waals surface area contributed by atoms with Crippen molar-refractivity contribution < 1.29 is 17.9 Å². The van der Waals surface area contributed by atoms with Crippen molar-refractivity contribution in [3.8, 4) is 0 Å². The zero-order chi connectivity index (χ0) is 14.7. The molecule has 112 valence electrons. The molecule has 1 amide bonds. The number of nitrogens with one attached hydrogen (secondary N) is 2. The van der Waals surface area contributed by atoms with Crippen LogP contribution >= 0.6 is 0 Å². The monoisotopic (exact) mass is 292 g/mol. The largest absolute Gasteiger partial charge is 0.444 e. The second-order valence-electron chi connectivity index (χ2n) is 6.08. The molecule has 1 aliphatic rings. The molecule has 0 radical (unpaired) electrons. The van der Waals surface area contributed by atoms with Gasteiger partial charge in [-0.3, -0.25) is 0 Å². The minimum absolute atomic E-state index is 0.0216. The van der Waals surface area contributed by atoms with Crippen LogP contribution in [-0.4, -0.2) is 38.5 Å². The molecule has 6 nitrogen and oxygen atoms in total. The Morgan fingerprint density at radius 2 is 1.58 bits per heavy atom. The van der Waals surface area contributed by atoms with Crippen molar-refractivity contribution in [3.05, 3.63) is 0 Å². The fourth-order valence-electron chi connectivity index (χ4n) is 2.13. The van der Waals surface area contributed by atoms with Gasteiger partial charge in [0.1, 0.15) is 5.60 Å². The highest BCUT2D eigenvalue weighted by Gasteiger charge is 2.25. The molecule has 1 rings (SSSR count). The van der Waals surface area contributed by atoms with Gasteiger partial charge in [-0.15, -0.1) is 0 Å². The Labute approximate surface area is 115 Å². The van der Waals surface area contributed by atoms with E-state index in [-0.39, 0.29) is 12.1 Å². The smallest absolute Gasteiger partial charge is 0.407 e. The van der Waals surface area contributed by atoms with Gasteiger partial charge >= 0.3 is 6.09 Å². The summed E-state index contributed by atoms with van der Waals surface area (Å²) in [6.45, 7) is 5.46. The highest BCUT2D eigenvalue weighted by Crippen LogP contribution is 2.19. The lowest BCUT2D eigenvalue weighted by molar-refractivity contribution is 0.0490. The first kappa shape index (κ1) is 16.2. The lowest BCUT2D eigenvalue weighted by atomic mass is 9.92. The summed E-state index contributed by atoms with van der Waals surface area (Å²) in [7, 11) is -3.15. The van der Waals surface area contributed by atoms with Crippen molar-refractivity contribution in [2.24, 2.45) is 0 Å². The topological polar surface area (TPSA) is 84.5 Å². The molecular weight excluding hydrogens is 268 g/mol. The third-order valence-electron chi connectivity index (χ3n) is 2.83. The summed E-state index contributed by atoms with van der Waals surface area (Å²) in [5.74, 6) is 0. The van der Waals surface area contributed by atoms with E-state index in [9.17, 15) is 13.2 Å². The van der Waals surface area contributed by atoms with Crippen molar-refractivity contribution in [2.45, 2.75) is 64.1 Å². The second kappa shape index (κ2) is 6.09. The molecule has 1 saturated carbocycles. The summed E-state index contributed by atoms with van der Waals surface area (Å²) >= 11 is 0. The van der Waals surface area contributed by atoms with Crippen LogP contribution in [0.3, 0.4) is 0 Å². The Balaban J connectivity index is 2.33. The van der Waals surface area contributed by atoms with E-state index >= 15 is 0 Å². The van der Waals surface area contributed by atoms with Crippen molar-refractivity contribution in [1.82, 2.24) is 10.0 Å². The normalized spacial score (nSPS) is 24.8. The van der Waals surface area contributed by atoms with Gasteiger partial charge in [0.05, 0.1) is 6.26 Å². The summed E-state index contributed by atoms with van der Waals surface area (Å²) in [5, 5.41) is 2.82. The number of hydrogen-bond acceptors (Lipinski definition) is 4. The van der Waals surface area contributed by atoms with Crippen LogP contribution in [0.4, 0.5) is 4.79 Å². The van der Waals surface area contributed by atoms with E-state index < -0.39 is 21.7 Å². The number of sulfonamides is 1. The average molecular weight is 292 g/mol. The predicted octanol–water partition coefficient (Wildman–Crippen LogP) is 1.37. The fourth-order valence-corrected chi connectivity index (χ4v) is 2.97. The molecule has 0 bridgehead atoms. The molecule has 0 aromatic heterocycles. The zero-order valence-corrected chi connectivity index (χ0v) is 12.8. The molecule has 7 heteroatoms. The van der Waals surface area contributed by atoms with Crippen LogP contribution in [0.5, 0.6) is 0 Å². The number of ether oxygens (including phenoxy) is 1. The molecular formula is C12H24N2O4S. The van der Waals surface area contributed by atoms with Crippen LogP contribution in [0, 0.1) is 0 Å². The number of amides is 1. The number of hydrogen-bond donors (Lipinski definition) is 2.